The number of nitrogens with one attached hydrogen (secondary N) is 6. The van der Waals surface area contributed by atoms with E-state index in [2.05, 4.69) is 44.5 Å². The van der Waals surface area contributed by atoms with Crippen LogP contribution in [0.5, 0.6) is 0 Å². The highest BCUT2D eigenvalue weighted by molar-refractivity contribution is 8.00. The summed E-state index contributed by atoms with van der Waals surface area (Å²) in [7, 11) is 3.31. The molecule has 2 aliphatic heterocycles. The van der Waals surface area contributed by atoms with Crippen LogP contribution >= 0.6 is 24.4 Å². The topological polar surface area (TPSA) is 338 Å². The fraction of sp³-hybridized carbons (Fsp3) is 0.824. The van der Waals surface area contributed by atoms with Crippen molar-refractivity contribution in [1.82, 2.24) is 41.7 Å². The number of unbranched alkanes of at least 4 members (excludes halogenated alkanes) is 4. The number of rotatable bonds is 56. The number of amides is 6. The molecule has 6 amide bonds. The van der Waals surface area contributed by atoms with Crippen LogP contribution < -0.4 is 43.4 Å². The molecule has 0 radical (unpaired) electrons. The Balaban J connectivity index is 0.000000539. The molecule has 0 aromatic carbocycles. The van der Waals surface area contributed by atoms with Crippen molar-refractivity contribution in [1.29, 1.82) is 0 Å². The first-order chi connectivity index (χ1) is 45.7. The smallest absolute Gasteiger partial charge is 0.253 e. The van der Waals surface area contributed by atoms with E-state index in [0.717, 1.165) is 136 Å². The molecule has 0 spiro atoms. The molecule has 540 valence electrons. The minimum Gasteiger partial charge on any atom is -0.379 e. The standard InChI is InChI=1S/C34H61N5O7S.C21H43N3O4S.C13H18N2O3/c1-36-33(43)28-11-9-27(10-12-28)26-39-32(42)25-31(34(39)44)47-24-14-30(41)8-6-20-45-22-23-46-21-13-29(40)7-5-18-37-16-3-2-4-17-38-19-15-35;22-10-14-24-12-3-1-2-11-23-13-4-6-20(25)8-16-28-18-17-27-15-5-7-21(26)9-19-29;1-14-13(18)10-4-2-9(3-5-10)8-15-11(16)6-7-12(15)17/h27-28,31,37-38H,2-26,35H2,1H3,(H,36,43);23-24,29H,1-19,22H2;6-7,9-10H,2-5,8H2,1H3,(H,14,18). The van der Waals surface area contributed by atoms with E-state index in [4.69, 9.17) is 30.4 Å². The molecule has 1 atom stereocenters. The van der Waals surface area contributed by atoms with Crippen molar-refractivity contribution >= 4 is 83.0 Å². The lowest BCUT2D eigenvalue weighted by atomic mass is 9.81. The first-order valence-electron chi connectivity index (χ1n) is 35.3. The van der Waals surface area contributed by atoms with Gasteiger partial charge in [0.1, 0.15) is 23.1 Å². The van der Waals surface area contributed by atoms with Gasteiger partial charge in [-0.05, 0) is 160 Å². The van der Waals surface area contributed by atoms with Crippen molar-refractivity contribution in [3.05, 3.63) is 12.2 Å². The molecule has 3 fully saturated rings. The molecule has 4 aliphatic rings. The molecule has 4 rings (SSSR count). The molecule has 2 saturated carbocycles. The quantitative estimate of drug-likeness (QED) is 0.0231. The Bertz CT molecular complexity index is 2140. The summed E-state index contributed by atoms with van der Waals surface area (Å²) < 4.78 is 21.9. The molecule has 1 saturated heterocycles. The zero-order valence-corrected chi connectivity index (χ0v) is 59.0. The van der Waals surface area contributed by atoms with E-state index in [1.165, 1.54) is 59.4 Å². The van der Waals surface area contributed by atoms with Gasteiger partial charge in [-0.3, -0.25) is 57.7 Å². The van der Waals surface area contributed by atoms with Crippen LogP contribution in [0.25, 0.3) is 0 Å². The number of nitrogens with two attached hydrogens (primary N) is 2. The van der Waals surface area contributed by atoms with E-state index in [-0.39, 0.29) is 82.8 Å². The van der Waals surface area contributed by atoms with E-state index < -0.39 is 5.25 Å². The molecule has 2 aliphatic carbocycles. The Morgan fingerprint density at radius 1 is 0.457 bits per heavy atom. The number of ketones is 4. The first-order valence-corrected chi connectivity index (χ1v) is 37.0. The number of carbonyl (C=O) groups is 10. The van der Waals surface area contributed by atoms with Gasteiger partial charge in [0.25, 0.3) is 11.8 Å². The highest BCUT2D eigenvalue weighted by atomic mass is 32.2. The maximum absolute atomic E-state index is 12.9. The van der Waals surface area contributed by atoms with Gasteiger partial charge in [0.2, 0.25) is 23.6 Å². The number of nitrogens with zero attached hydrogens (tertiary/aromatic N) is 2. The predicted octanol–water partition coefficient (Wildman–Crippen LogP) is 4.42. The summed E-state index contributed by atoms with van der Waals surface area (Å²) in [5, 5.41) is 18.3. The highest BCUT2D eigenvalue weighted by Gasteiger charge is 2.40. The second-order valence-electron chi connectivity index (χ2n) is 24.6. The number of ether oxygens (including phenoxy) is 4. The summed E-state index contributed by atoms with van der Waals surface area (Å²) in [4.78, 5) is 122. The van der Waals surface area contributed by atoms with Crippen LogP contribution in [0.4, 0.5) is 0 Å². The van der Waals surface area contributed by atoms with Crippen LogP contribution in [0, 0.1) is 23.7 Å². The fourth-order valence-electron chi connectivity index (χ4n) is 11.3. The molecule has 0 bridgehead atoms. The van der Waals surface area contributed by atoms with Crippen molar-refractivity contribution in [3.8, 4) is 0 Å². The van der Waals surface area contributed by atoms with E-state index in [9.17, 15) is 47.9 Å². The van der Waals surface area contributed by atoms with Crippen molar-refractivity contribution in [3.63, 3.8) is 0 Å². The van der Waals surface area contributed by atoms with Crippen LogP contribution in [0.3, 0.4) is 0 Å². The normalized spacial score (nSPS) is 18.6. The minimum absolute atomic E-state index is 0.0276. The van der Waals surface area contributed by atoms with Gasteiger partial charge >= 0.3 is 0 Å². The van der Waals surface area contributed by atoms with Gasteiger partial charge in [0.15, 0.2) is 0 Å². The Labute approximate surface area is 571 Å². The van der Waals surface area contributed by atoms with Gasteiger partial charge in [-0.15, -0.1) is 11.8 Å². The van der Waals surface area contributed by atoms with Crippen LogP contribution in [-0.4, -0.2) is 231 Å². The van der Waals surface area contributed by atoms with Gasteiger partial charge in [0, 0.05) is 154 Å². The summed E-state index contributed by atoms with van der Waals surface area (Å²) in [6, 6.07) is 0. The van der Waals surface area contributed by atoms with Crippen molar-refractivity contribution in [2.24, 2.45) is 35.1 Å². The predicted molar refractivity (Wildman–Crippen MR) is 372 cm³/mol. The summed E-state index contributed by atoms with van der Waals surface area (Å²) in [6.07, 6.45) is 23.6. The zero-order chi connectivity index (χ0) is 68.7. The Morgan fingerprint density at radius 3 is 1.24 bits per heavy atom. The third-order valence-electron chi connectivity index (χ3n) is 17.0. The van der Waals surface area contributed by atoms with Crippen LogP contribution in [0.1, 0.15) is 173 Å². The SMILES string of the molecule is CNC(=O)C1CCC(CN2C(=O)C=CC2=O)CC1.CNC(=O)C1CCC(CN2C(=O)CC(SCCC(=O)CCCOCCOCCC(=O)CCCNCCCCCNCCN)C2=O)CC1.NCCNCCCCCNCCCC(=O)CCOCCOCCCC(=O)CCS. The molecule has 10 N–H and O–H groups in total. The van der Waals surface area contributed by atoms with Gasteiger partial charge in [-0.25, -0.2) is 0 Å². The lowest BCUT2D eigenvalue weighted by Crippen LogP contribution is -2.38. The summed E-state index contributed by atoms with van der Waals surface area (Å²) in [6.45, 7) is 13.6. The van der Waals surface area contributed by atoms with Crippen molar-refractivity contribution in [2.45, 2.75) is 179 Å². The number of carbonyl (C=O) groups excluding carboxylic acids is 10. The Kier molecular flexibility index (Phi) is 53.0. The molecule has 26 heteroatoms. The molecular formula is C68H122N10O14S2. The third kappa shape index (κ3) is 43.3. The molecule has 0 aromatic rings. The van der Waals surface area contributed by atoms with E-state index in [1.807, 2.05) is 0 Å². The second-order valence-corrected chi connectivity index (χ2v) is 26.4. The lowest BCUT2D eigenvalue weighted by molar-refractivity contribution is -0.140. The highest BCUT2D eigenvalue weighted by Crippen LogP contribution is 2.33. The number of hydrogen-bond donors (Lipinski definition) is 9. The first kappa shape index (κ1) is 86.0. The monoisotopic (exact) mass is 1370 g/mol. The van der Waals surface area contributed by atoms with Crippen molar-refractivity contribution < 1.29 is 66.9 Å². The maximum atomic E-state index is 12.9. The molecule has 0 aromatic heterocycles. The summed E-state index contributed by atoms with van der Waals surface area (Å²) in [5.74, 6) is 2.12. The number of thioether (sulfide) groups is 1. The Hall–Kier alpha value is -4.06. The molecule has 24 nitrogen and oxygen atoms in total. The number of likely N-dealkylation sites (tertiary alicyclic amines) is 1. The largest absolute Gasteiger partial charge is 0.379 e. The van der Waals surface area contributed by atoms with E-state index in [1.54, 1.807) is 14.1 Å². The van der Waals surface area contributed by atoms with Gasteiger partial charge in [-0.1, -0.05) is 12.8 Å². The van der Waals surface area contributed by atoms with Crippen LogP contribution in [-0.2, 0) is 66.9 Å². The number of imide groups is 2. The number of thiol groups is 1. The molecule has 1 unspecified atom stereocenters. The van der Waals surface area contributed by atoms with Gasteiger partial charge in [0.05, 0.1) is 44.9 Å². The Morgan fingerprint density at radius 2 is 0.830 bits per heavy atom. The molecular weight excluding hydrogens is 1240 g/mol. The minimum atomic E-state index is -0.409. The average molecular weight is 1370 g/mol. The van der Waals surface area contributed by atoms with E-state index in [0.29, 0.717) is 154 Å². The maximum Gasteiger partial charge on any atom is 0.253 e. The molecule has 94 heavy (non-hydrogen) atoms. The summed E-state index contributed by atoms with van der Waals surface area (Å²) in [5.41, 5.74) is 10.9. The van der Waals surface area contributed by atoms with Crippen LogP contribution in [0.15, 0.2) is 12.2 Å². The fourth-order valence-corrected chi connectivity index (χ4v) is 12.7. The van der Waals surface area contributed by atoms with Crippen molar-refractivity contribution in [2.75, 3.05) is 157 Å². The number of hydrogen-bond acceptors (Lipinski definition) is 22. The number of Topliss-reactive ketones (excluding diaryl/α,β-unsaturated/α-hetero) is 4. The zero-order valence-electron chi connectivity index (χ0n) is 57.3. The van der Waals surface area contributed by atoms with E-state index >= 15 is 0 Å². The van der Waals surface area contributed by atoms with Crippen LogP contribution in [0.2, 0.25) is 0 Å². The second kappa shape index (κ2) is 58.0. The van der Waals surface area contributed by atoms with Gasteiger partial charge in [-0.2, -0.15) is 12.6 Å². The summed E-state index contributed by atoms with van der Waals surface area (Å²) >= 11 is 5.44. The molecule has 2 heterocycles. The third-order valence-corrected chi connectivity index (χ3v) is 18.4. The lowest BCUT2D eigenvalue weighted by Gasteiger charge is -2.29. The van der Waals surface area contributed by atoms with Gasteiger partial charge < -0.3 is 62.3 Å². The average Bonchev–Trinajstić information content (AvgIpc) is 1.72.